The van der Waals surface area contributed by atoms with Crippen molar-refractivity contribution < 1.29 is 38.3 Å². The standard InChI is InChI=1S/C19H17N3O9/c1-29-15-9-11(22(27)28)5-7-13(15)20-16(23)17(24)21-14-8-10(18(25)30-2)4-6-12(14)19(26)31-3/h4-9H,1-3H3,(H,20,23)(H,21,24). The number of amides is 2. The Kier molecular flexibility index (Phi) is 7.23. The lowest BCUT2D eigenvalue weighted by molar-refractivity contribution is -0.384. The first kappa shape index (κ1) is 22.8. The third-order valence-electron chi connectivity index (χ3n) is 3.94. The number of esters is 2. The van der Waals surface area contributed by atoms with Crippen molar-refractivity contribution in [2.45, 2.75) is 0 Å². The SMILES string of the molecule is COC(=O)c1ccc(C(=O)OC)c(NC(=O)C(=O)Nc2ccc([N+](=O)[O-])cc2OC)c1. The van der Waals surface area contributed by atoms with Crippen molar-refractivity contribution in [2.24, 2.45) is 0 Å². The number of nitrogens with zero attached hydrogens (tertiary/aromatic N) is 1. The van der Waals surface area contributed by atoms with Crippen LogP contribution in [0.4, 0.5) is 17.1 Å². The number of carbonyl (C=O) groups excluding carboxylic acids is 4. The minimum atomic E-state index is -1.19. The number of non-ortho nitro benzene ring substituents is 1. The molecule has 2 rings (SSSR count). The van der Waals surface area contributed by atoms with Gasteiger partial charge in [-0.05, 0) is 24.3 Å². The third-order valence-corrected chi connectivity index (χ3v) is 3.94. The van der Waals surface area contributed by atoms with Crippen molar-refractivity contribution in [2.75, 3.05) is 32.0 Å². The van der Waals surface area contributed by atoms with Gasteiger partial charge in [-0.2, -0.15) is 0 Å². The minimum Gasteiger partial charge on any atom is -0.494 e. The molecule has 0 bridgehead atoms. The topological polar surface area (TPSA) is 163 Å². The molecule has 31 heavy (non-hydrogen) atoms. The normalized spacial score (nSPS) is 9.90. The fourth-order valence-electron chi connectivity index (χ4n) is 2.44. The van der Waals surface area contributed by atoms with Crippen LogP contribution in [0, 0.1) is 10.1 Å². The maximum absolute atomic E-state index is 12.4. The molecule has 162 valence electrons. The van der Waals surface area contributed by atoms with Gasteiger partial charge in [0.2, 0.25) is 0 Å². The van der Waals surface area contributed by atoms with Gasteiger partial charge in [0.05, 0.1) is 54.8 Å². The second-order valence-corrected chi connectivity index (χ2v) is 5.79. The number of hydrogen-bond acceptors (Lipinski definition) is 9. The Hall–Kier alpha value is -4.48. The first-order valence-corrected chi connectivity index (χ1v) is 8.47. The van der Waals surface area contributed by atoms with E-state index in [0.717, 1.165) is 32.4 Å². The fourth-order valence-corrected chi connectivity index (χ4v) is 2.44. The number of methoxy groups -OCH3 is 3. The van der Waals surface area contributed by atoms with Gasteiger partial charge in [0.25, 0.3) is 5.69 Å². The number of hydrogen-bond donors (Lipinski definition) is 2. The maximum Gasteiger partial charge on any atom is 0.339 e. The molecule has 0 fully saturated rings. The Morgan fingerprint density at radius 1 is 0.839 bits per heavy atom. The van der Waals surface area contributed by atoms with E-state index < -0.39 is 28.7 Å². The van der Waals surface area contributed by atoms with Crippen LogP contribution >= 0.6 is 0 Å². The lowest BCUT2D eigenvalue weighted by Gasteiger charge is -2.12. The Balaban J connectivity index is 2.28. The number of ether oxygens (including phenoxy) is 3. The summed E-state index contributed by atoms with van der Waals surface area (Å²) >= 11 is 0. The van der Waals surface area contributed by atoms with Crippen LogP contribution in [0.2, 0.25) is 0 Å². The van der Waals surface area contributed by atoms with E-state index in [1.807, 2.05) is 0 Å². The van der Waals surface area contributed by atoms with E-state index >= 15 is 0 Å². The average molecular weight is 431 g/mol. The van der Waals surface area contributed by atoms with Gasteiger partial charge in [-0.3, -0.25) is 19.7 Å². The van der Waals surface area contributed by atoms with Crippen LogP contribution in [0.25, 0.3) is 0 Å². The molecule has 12 nitrogen and oxygen atoms in total. The minimum absolute atomic E-state index is 0.00440. The van der Waals surface area contributed by atoms with Gasteiger partial charge in [-0.15, -0.1) is 0 Å². The monoisotopic (exact) mass is 431 g/mol. The fraction of sp³-hybridized carbons (Fsp3) is 0.158. The van der Waals surface area contributed by atoms with Crippen molar-refractivity contribution >= 4 is 40.8 Å². The molecule has 2 amide bonds. The maximum atomic E-state index is 12.4. The molecule has 0 aromatic heterocycles. The van der Waals surface area contributed by atoms with Gasteiger partial charge in [0, 0.05) is 6.07 Å². The van der Waals surface area contributed by atoms with E-state index in [1.54, 1.807) is 0 Å². The molecule has 0 heterocycles. The highest BCUT2D eigenvalue weighted by atomic mass is 16.6. The molecule has 0 saturated heterocycles. The van der Waals surface area contributed by atoms with Gasteiger partial charge >= 0.3 is 23.8 Å². The zero-order valence-corrected chi connectivity index (χ0v) is 16.6. The molecule has 0 aliphatic rings. The van der Waals surface area contributed by atoms with E-state index in [4.69, 9.17) is 4.74 Å². The van der Waals surface area contributed by atoms with E-state index in [9.17, 15) is 29.3 Å². The van der Waals surface area contributed by atoms with Crippen LogP contribution in [0.15, 0.2) is 36.4 Å². The summed E-state index contributed by atoms with van der Waals surface area (Å²) < 4.78 is 14.2. The highest BCUT2D eigenvalue weighted by Gasteiger charge is 2.22. The molecule has 2 aromatic rings. The summed E-state index contributed by atoms with van der Waals surface area (Å²) in [6, 6.07) is 7.05. The second kappa shape index (κ2) is 9.82. The van der Waals surface area contributed by atoms with Crippen LogP contribution in [-0.2, 0) is 19.1 Å². The van der Waals surface area contributed by atoms with E-state index in [-0.39, 0.29) is 33.9 Å². The molecular weight excluding hydrogens is 414 g/mol. The third kappa shape index (κ3) is 5.32. The van der Waals surface area contributed by atoms with Crippen molar-refractivity contribution in [3.05, 3.63) is 57.6 Å². The highest BCUT2D eigenvalue weighted by Crippen LogP contribution is 2.29. The lowest BCUT2D eigenvalue weighted by atomic mass is 10.1. The lowest BCUT2D eigenvalue weighted by Crippen LogP contribution is -2.30. The number of benzene rings is 2. The highest BCUT2D eigenvalue weighted by molar-refractivity contribution is 6.44. The number of carbonyl (C=O) groups is 4. The van der Waals surface area contributed by atoms with Crippen LogP contribution in [0.5, 0.6) is 5.75 Å². The molecular formula is C19H17N3O9. The summed E-state index contributed by atoms with van der Waals surface area (Å²) in [5.74, 6) is -3.94. The first-order valence-electron chi connectivity index (χ1n) is 8.47. The van der Waals surface area contributed by atoms with E-state index in [0.29, 0.717) is 0 Å². The number of nitrogens with one attached hydrogen (secondary N) is 2. The molecule has 12 heteroatoms. The van der Waals surface area contributed by atoms with Crippen molar-refractivity contribution in [1.82, 2.24) is 0 Å². The Morgan fingerprint density at radius 2 is 1.45 bits per heavy atom. The van der Waals surface area contributed by atoms with Gasteiger partial charge < -0.3 is 24.8 Å². The summed E-state index contributed by atoms with van der Waals surface area (Å²) in [6.07, 6.45) is 0. The Labute approximate surface area is 175 Å². The molecule has 0 aliphatic carbocycles. The van der Waals surface area contributed by atoms with Gasteiger partial charge in [0.1, 0.15) is 5.75 Å². The molecule has 0 unspecified atom stereocenters. The smallest absolute Gasteiger partial charge is 0.339 e. The van der Waals surface area contributed by atoms with Crippen LogP contribution in [0.1, 0.15) is 20.7 Å². The van der Waals surface area contributed by atoms with Gasteiger partial charge in [0.15, 0.2) is 0 Å². The van der Waals surface area contributed by atoms with Gasteiger partial charge in [-0.1, -0.05) is 0 Å². The van der Waals surface area contributed by atoms with Gasteiger partial charge in [-0.25, -0.2) is 9.59 Å². The van der Waals surface area contributed by atoms with Crippen molar-refractivity contribution in [3.63, 3.8) is 0 Å². The number of anilines is 2. The predicted molar refractivity (Wildman–Crippen MR) is 106 cm³/mol. The summed E-state index contributed by atoms with van der Waals surface area (Å²) in [6.45, 7) is 0. The van der Waals surface area contributed by atoms with Crippen molar-refractivity contribution in [1.29, 1.82) is 0 Å². The van der Waals surface area contributed by atoms with Crippen LogP contribution in [-0.4, -0.2) is 50.0 Å². The summed E-state index contributed by atoms with van der Waals surface area (Å²) in [7, 11) is 3.51. The predicted octanol–water partition coefficient (Wildman–Crippen LogP) is 1.75. The van der Waals surface area contributed by atoms with E-state index in [1.165, 1.54) is 25.3 Å². The zero-order valence-electron chi connectivity index (χ0n) is 16.6. The first-order chi connectivity index (χ1) is 14.7. The average Bonchev–Trinajstić information content (AvgIpc) is 2.77. The molecule has 0 saturated carbocycles. The van der Waals surface area contributed by atoms with Crippen LogP contribution < -0.4 is 15.4 Å². The second-order valence-electron chi connectivity index (χ2n) is 5.79. The number of rotatable bonds is 6. The van der Waals surface area contributed by atoms with Crippen LogP contribution in [0.3, 0.4) is 0 Å². The van der Waals surface area contributed by atoms with Crippen molar-refractivity contribution in [3.8, 4) is 5.75 Å². The number of nitro groups is 1. The molecule has 0 atom stereocenters. The molecule has 0 radical (unpaired) electrons. The molecule has 2 aromatic carbocycles. The largest absolute Gasteiger partial charge is 0.494 e. The quantitative estimate of drug-likeness (QED) is 0.300. The summed E-state index contributed by atoms with van der Waals surface area (Å²) in [5.41, 5.74) is -0.524. The Morgan fingerprint density at radius 3 is 2.00 bits per heavy atom. The summed E-state index contributed by atoms with van der Waals surface area (Å²) in [5, 5.41) is 15.3. The Bertz CT molecular complexity index is 1070. The summed E-state index contributed by atoms with van der Waals surface area (Å²) in [4.78, 5) is 58.5. The zero-order chi connectivity index (χ0) is 23.1. The number of nitro benzene ring substituents is 1. The molecule has 0 aliphatic heterocycles. The van der Waals surface area contributed by atoms with E-state index in [2.05, 4.69) is 20.1 Å². The molecule has 2 N–H and O–H groups in total. The molecule has 0 spiro atoms.